The summed E-state index contributed by atoms with van der Waals surface area (Å²) in [5.41, 5.74) is 1.86. The van der Waals surface area contributed by atoms with E-state index >= 15 is 0 Å². The number of aryl methyl sites for hydroxylation is 1. The van der Waals surface area contributed by atoms with Gasteiger partial charge in [0.15, 0.2) is 9.84 Å². The monoisotopic (exact) mass is 641 g/mol. The number of hydrogen-bond donors (Lipinski definition) is 0. The van der Waals surface area contributed by atoms with Crippen LogP contribution in [0.2, 0.25) is 5.02 Å². The number of sulfone groups is 1. The van der Waals surface area contributed by atoms with Gasteiger partial charge in [-0.1, -0.05) is 17.7 Å². The molecule has 1 aliphatic heterocycles. The third-order valence-electron chi connectivity index (χ3n) is 8.35. The number of esters is 1. The predicted molar refractivity (Wildman–Crippen MR) is 145 cm³/mol. The predicted octanol–water partition coefficient (Wildman–Crippen LogP) is 5.14. The van der Waals surface area contributed by atoms with Gasteiger partial charge in [0, 0.05) is 21.1 Å². The lowest BCUT2D eigenvalue weighted by atomic mass is 9.78. The van der Waals surface area contributed by atoms with Gasteiger partial charge in [-0.15, -0.1) is 0 Å². The lowest BCUT2D eigenvalue weighted by Gasteiger charge is -2.43. The summed E-state index contributed by atoms with van der Waals surface area (Å²) in [4.78, 5) is 27.8. The molecule has 2 aromatic rings. The van der Waals surface area contributed by atoms with Crippen molar-refractivity contribution in [3.63, 3.8) is 0 Å². The zero-order chi connectivity index (χ0) is 25.7. The van der Waals surface area contributed by atoms with E-state index in [1.54, 1.807) is 24.3 Å². The van der Waals surface area contributed by atoms with Crippen LogP contribution in [0.15, 0.2) is 47.4 Å². The van der Waals surface area contributed by atoms with Crippen molar-refractivity contribution in [1.82, 2.24) is 4.90 Å². The quantitative estimate of drug-likeness (QED) is 0.341. The zero-order valence-electron chi connectivity index (χ0n) is 20.1. The lowest BCUT2D eigenvalue weighted by molar-refractivity contribution is -0.149. The fourth-order valence-corrected chi connectivity index (χ4v) is 9.61. The van der Waals surface area contributed by atoms with Crippen LogP contribution < -0.4 is 0 Å². The van der Waals surface area contributed by atoms with E-state index in [4.69, 9.17) is 16.3 Å². The molecule has 36 heavy (non-hydrogen) atoms. The Morgan fingerprint density at radius 3 is 2.36 bits per heavy atom. The molecule has 1 saturated carbocycles. The molecule has 5 rings (SSSR count). The summed E-state index contributed by atoms with van der Waals surface area (Å²) >= 11 is 8.33. The van der Waals surface area contributed by atoms with Crippen molar-refractivity contribution in [2.45, 2.75) is 60.6 Å². The van der Waals surface area contributed by atoms with Gasteiger partial charge >= 0.3 is 5.97 Å². The molecular formula is C27H29ClINO5S. The summed E-state index contributed by atoms with van der Waals surface area (Å²) in [5.74, 6) is -0.553. The smallest absolute Gasteiger partial charge is 0.308 e. The third-order valence-corrected chi connectivity index (χ3v) is 11.8. The number of methoxy groups -OCH3 is 1. The minimum atomic E-state index is -3.84. The molecule has 1 heterocycles. The summed E-state index contributed by atoms with van der Waals surface area (Å²) in [6.45, 7) is 0.401. The van der Waals surface area contributed by atoms with Gasteiger partial charge in [-0.3, -0.25) is 9.59 Å². The number of carbonyl (C=O) groups is 2. The van der Waals surface area contributed by atoms with Crippen LogP contribution in [0.5, 0.6) is 0 Å². The van der Waals surface area contributed by atoms with E-state index in [9.17, 15) is 18.0 Å². The molecule has 1 saturated heterocycles. The van der Waals surface area contributed by atoms with Gasteiger partial charge in [-0.05, 0) is 115 Å². The summed E-state index contributed by atoms with van der Waals surface area (Å²) in [7, 11) is -2.44. The minimum absolute atomic E-state index is 0.0189. The van der Waals surface area contributed by atoms with Gasteiger partial charge < -0.3 is 9.64 Å². The van der Waals surface area contributed by atoms with E-state index in [2.05, 4.69) is 28.7 Å². The molecule has 0 N–H and O–H groups in total. The van der Waals surface area contributed by atoms with Gasteiger partial charge in [0.1, 0.15) is 4.75 Å². The fraction of sp³-hybridized carbons (Fsp3) is 0.481. The molecule has 0 spiro atoms. The highest BCUT2D eigenvalue weighted by Crippen LogP contribution is 2.53. The van der Waals surface area contributed by atoms with E-state index < -0.39 is 20.6 Å². The zero-order valence-corrected chi connectivity index (χ0v) is 23.8. The molecule has 2 aliphatic carbocycles. The summed E-state index contributed by atoms with van der Waals surface area (Å²) in [6, 6.07) is 11.9. The van der Waals surface area contributed by atoms with Gasteiger partial charge in [-0.25, -0.2) is 8.42 Å². The molecule has 1 amide bonds. The number of fused-ring (bicyclic) bond motifs is 3. The number of amides is 1. The standard InChI is InChI=1S/C27H29ClINO5S/c1-35-26(32)18-4-2-17(3-5-18)25(31)30-15-14-27(36(33,34)22-10-7-20(28)8-11-22)23-12-9-21(29)16-19(23)6-13-24(27)30/h7-12,16-18,24H,2-6,13-15H2,1H3/t17-,18-,24?,27?. The maximum atomic E-state index is 14.4. The Balaban J connectivity index is 1.52. The van der Waals surface area contributed by atoms with Crippen LogP contribution >= 0.6 is 34.2 Å². The minimum Gasteiger partial charge on any atom is -0.469 e. The Labute approximate surface area is 230 Å². The van der Waals surface area contributed by atoms with Crippen LogP contribution in [-0.4, -0.2) is 44.9 Å². The average molecular weight is 642 g/mol. The highest BCUT2D eigenvalue weighted by molar-refractivity contribution is 14.1. The van der Waals surface area contributed by atoms with Crippen LogP contribution in [0.4, 0.5) is 0 Å². The first-order valence-corrected chi connectivity index (χ1v) is 15.3. The molecule has 2 atom stereocenters. The number of hydrogen-bond acceptors (Lipinski definition) is 5. The fourth-order valence-electron chi connectivity index (χ4n) is 6.56. The Morgan fingerprint density at radius 1 is 1.03 bits per heavy atom. The SMILES string of the molecule is COC(=O)[C@H]1CC[C@H](C(=O)N2CCC3(S(=O)(=O)c4ccc(Cl)cc4)c4ccc(I)cc4CCC23)CC1. The normalized spacial score (nSPS) is 27.8. The van der Waals surface area contributed by atoms with E-state index in [0.29, 0.717) is 50.1 Å². The molecule has 2 unspecified atom stereocenters. The van der Waals surface area contributed by atoms with Gasteiger partial charge in [0.25, 0.3) is 0 Å². The average Bonchev–Trinajstić information content (AvgIpc) is 3.29. The molecule has 0 bridgehead atoms. The lowest BCUT2D eigenvalue weighted by Crippen LogP contribution is -2.53. The first kappa shape index (κ1) is 26.0. The molecule has 0 radical (unpaired) electrons. The van der Waals surface area contributed by atoms with E-state index in [1.807, 2.05) is 17.0 Å². The molecule has 2 fully saturated rings. The van der Waals surface area contributed by atoms with Crippen molar-refractivity contribution in [2.24, 2.45) is 11.8 Å². The van der Waals surface area contributed by atoms with Crippen molar-refractivity contribution < 1.29 is 22.7 Å². The van der Waals surface area contributed by atoms with Crippen molar-refractivity contribution in [2.75, 3.05) is 13.7 Å². The number of rotatable bonds is 4. The number of halogens is 2. The first-order valence-electron chi connectivity index (χ1n) is 12.4. The van der Waals surface area contributed by atoms with Gasteiger partial charge in [-0.2, -0.15) is 0 Å². The molecule has 0 aromatic heterocycles. The molecule has 3 aliphatic rings. The van der Waals surface area contributed by atoms with Crippen LogP contribution in [0, 0.1) is 15.4 Å². The molecule has 6 nitrogen and oxygen atoms in total. The molecular weight excluding hydrogens is 613 g/mol. The Hall–Kier alpha value is -1.65. The number of ether oxygens (including phenoxy) is 1. The molecule has 2 aromatic carbocycles. The number of likely N-dealkylation sites (tertiary alicyclic amines) is 1. The third kappa shape index (κ3) is 4.17. The second-order valence-corrected chi connectivity index (χ2v) is 13.9. The van der Waals surface area contributed by atoms with E-state index in [0.717, 1.165) is 21.1 Å². The van der Waals surface area contributed by atoms with E-state index in [-0.39, 0.29) is 28.6 Å². The van der Waals surface area contributed by atoms with Gasteiger partial charge in [0.05, 0.1) is 24.0 Å². The topological polar surface area (TPSA) is 80.8 Å². The van der Waals surface area contributed by atoms with Crippen LogP contribution in [0.3, 0.4) is 0 Å². The first-order chi connectivity index (χ1) is 17.2. The summed E-state index contributed by atoms with van der Waals surface area (Å²) in [5, 5.41) is 0.479. The number of benzene rings is 2. The Morgan fingerprint density at radius 2 is 1.69 bits per heavy atom. The number of carbonyl (C=O) groups excluding carboxylic acids is 2. The van der Waals surface area contributed by atoms with Crippen molar-refractivity contribution in [3.8, 4) is 0 Å². The highest BCUT2D eigenvalue weighted by Gasteiger charge is 2.61. The maximum Gasteiger partial charge on any atom is 0.308 e. The highest BCUT2D eigenvalue weighted by atomic mass is 127. The summed E-state index contributed by atoms with van der Waals surface area (Å²) in [6.07, 6.45) is 4.17. The van der Waals surface area contributed by atoms with Gasteiger partial charge in [0.2, 0.25) is 5.91 Å². The van der Waals surface area contributed by atoms with Crippen molar-refractivity contribution in [3.05, 3.63) is 62.2 Å². The van der Waals surface area contributed by atoms with Crippen LogP contribution in [0.1, 0.15) is 49.7 Å². The Bertz CT molecular complexity index is 1290. The van der Waals surface area contributed by atoms with Crippen molar-refractivity contribution in [1.29, 1.82) is 0 Å². The second kappa shape index (κ2) is 9.91. The maximum absolute atomic E-state index is 14.4. The Kier molecular flexibility index (Phi) is 7.15. The summed E-state index contributed by atoms with van der Waals surface area (Å²) < 4.78 is 33.6. The second-order valence-electron chi connectivity index (χ2n) is 10.1. The largest absolute Gasteiger partial charge is 0.469 e. The van der Waals surface area contributed by atoms with Crippen LogP contribution in [0.25, 0.3) is 0 Å². The molecule has 192 valence electrons. The van der Waals surface area contributed by atoms with E-state index in [1.165, 1.54) is 7.11 Å². The molecule has 9 heteroatoms. The number of nitrogens with zero attached hydrogens (tertiary/aromatic N) is 1. The van der Waals surface area contributed by atoms with Crippen molar-refractivity contribution >= 4 is 55.9 Å². The van der Waals surface area contributed by atoms with Crippen LogP contribution in [-0.2, 0) is 35.3 Å².